The van der Waals surface area contributed by atoms with E-state index in [2.05, 4.69) is 10.2 Å². The molecule has 8 heteroatoms. The second kappa shape index (κ2) is 9.64. The molecule has 0 saturated carbocycles. The Labute approximate surface area is 168 Å². The van der Waals surface area contributed by atoms with Gasteiger partial charge >= 0.3 is 0 Å². The highest BCUT2D eigenvalue weighted by Gasteiger charge is 2.23. The van der Waals surface area contributed by atoms with Crippen molar-refractivity contribution in [3.8, 4) is 0 Å². The van der Waals surface area contributed by atoms with Crippen molar-refractivity contribution in [2.24, 2.45) is 0 Å². The predicted octanol–water partition coefficient (Wildman–Crippen LogP) is 2.98. The molecule has 0 aliphatic carbocycles. The first-order chi connectivity index (χ1) is 13.5. The highest BCUT2D eigenvalue weighted by atomic mass is 35.5. The molecule has 1 heterocycles. The molecule has 1 amide bonds. The number of carbonyl (C=O) groups excluding carboxylic acids is 1. The van der Waals surface area contributed by atoms with E-state index >= 15 is 0 Å². The molecule has 1 fully saturated rings. The number of nitro benzene ring substituents is 1. The molecular formula is C20H22ClN3O4. The van der Waals surface area contributed by atoms with Crippen LogP contribution in [0.2, 0.25) is 5.02 Å². The summed E-state index contributed by atoms with van der Waals surface area (Å²) < 4.78 is 5.44. The van der Waals surface area contributed by atoms with Crippen LogP contribution in [0.5, 0.6) is 0 Å². The SMILES string of the molecule is O=C(Cc1ccc([N+](=O)[O-])cc1)NCC(c1ccc(Cl)cc1)N1CCOCC1. The van der Waals surface area contributed by atoms with Gasteiger partial charge in [-0.15, -0.1) is 0 Å². The molecule has 1 N–H and O–H groups in total. The molecule has 28 heavy (non-hydrogen) atoms. The molecule has 2 aromatic carbocycles. The van der Waals surface area contributed by atoms with Crippen LogP contribution in [-0.4, -0.2) is 48.6 Å². The molecule has 1 atom stereocenters. The minimum atomic E-state index is -0.455. The van der Waals surface area contributed by atoms with E-state index in [9.17, 15) is 14.9 Å². The van der Waals surface area contributed by atoms with Gasteiger partial charge in [0.2, 0.25) is 5.91 Å². The van der Waals surface area contributed by atoms with Crippen LogP contribution < -0.4 is 5.32 Å². The number of carbonyl (C=O) groups is 1. The maximum Gasteiger partial charge on any atom is 0.269 e. The average molecular weight is 404 g/mol. The minimum Gasteiger partial charge on any atom is -0.379 e. The fraction of sp³-hybridized carbons (Fsp3) is 0.350. The molecule has 0 radical (unpaired) electrons. The van der Waals surface area contributed by atoms with Gasteiger partial charge in [0.25, 0.3) is 5.69 Å². The Balaban J connectivity index is 1.62. The number of hydrogen-bond donors (Lipinski definition) is 1. The van der Waals surface area contributed by atoms with Crippen molar-refractivity contribution < 1.29 is 14.5 Å². The number of hydrogen-bond acceptors (Lipinski definition) is 5. The van der Waals surface area contributed by atoms with Crippen LogP contribution in [0.15, 0.2) is 48.5 Å². The predicted molar refractivity (Wildman–Crippen MR) is 106 cm³/mol. The van der Waals surface area contributed by atoms with E-state index in [1.165, 1.54) is 12.1 Å². The largest absolute Gasteiger partial charge is 0.379 e. The third-order valence-electron chi connectivity index (χ3n) is 4.75. The minimum absolute atomic E-state index is 0.0132. The van der Waals surface area contributed by atoms with Gasteiger partial charge in [0.15, 0.2) is 0 Å². The highest BCUT2D eigenvalue weighted by molar-refractivity contribution is 6.30. The summed E-state index contributed by atoms with van der Waals surface area (Å²) in [6.45, 7) is 3.39. The second-order valence-corrected chi connectivity index (χ2v) is 7.06. The zero-order chi connectivity index (χ0) is 19.9. The Hall–Kier alpha value is -2.48. The molecule has 148 valence electrons. The van der Waals surface area contributed by atoms with E-state index < -0.39 is 4.92 Å². The van der Waals surface area contributed by atoms with Gasteiger partial charge < -0.3 is 10.1 Å². The van der Waals surface area contributed by atoms with Gasteiger partial charge in [-0.2, -0.15) is 0 Å². The fourth-order valence-electron chi connectivity index (χ4n) is 3.23. The number of rotatable bonds is 7. The molecule has 0 spiro atoms. The summed E-state index contributed by atoms with van der Waals surface area (Å²) in [6, 6.07) is 13.7. The first-order valence-corrected chi connectivity index (χ1v) is 9.48. The third kappa shape index (κ3) is 5.51. The lowest BCUT2D eigenvalue weighted by molar-refractivity contribution is -0.384. The van der Waals surface area contributed by atoms with Crippen LogP contribution in [-0.2, 0) is 16.0 Å². The van der Waals surface area contributed by atoms with Crippen molar-refractivity contribution in [2.45, 2.75) is 12.5 Å². The Kier molecular flexibility index (Phi) is 6.97. The highest BCUT2D eigenvalue weighted by Crippen LogP contribution is 2.23. The molecule has 1 aliphatic heterocycles. The van der Waals surface area contributed by atoms with Crippen molar-refractivity contribution in [1.29, 1.82) is 0 Å². The van der Waals surface area contributed by atoms with Crippen molar-refractivity contribution in [2.75, 3.05) is 32.8 Å². The number of benzene rings is 2. The standard InChI is InChI=1S/C20H22ClN3O4/c21-17-5-3-16(4-6-17)19(23-9-11-28-12-10-23)14-22-20(25)13-15-1-7-18(8-2-15)24(26)27/h1-8,19H,9-14H2,(H,22,25). The lowest BCUT2D eigenvalue weighted by Crippen LogP contribution is -2.44. The molecule has 3 rings (SSSR count). The molecule has 2 aromatic rings. The van der Waals surface area contributed by atoms with Crippen molar-refractivity contribution >= 4 is 23.2 Å². The average Bonchev–Trinajstić information content (AvgIpc) is 2.70. The molecule has 7 nitrogen and oxygen atoms in total. The Morgan fingerprint density at radius 1 is 1.14 bits per heavy atom. The topological polar surface area (TPSA) is 84.7 Å². The Morgan fingerprint density at radius 2 is 1.79 bits per heavy atom. The van der Waals surface area contributed by atoms with Crippen LogP contribution >= 0.6 is 11.6 Å². The van der Waals surface area contributed by atoms with Gasteiger partial charge in [-0.25, -0.2) is 0 Å². The molecule has 1 unspecified atom stereocenters. The van der Waals surface area contributed by atoms with E-state index in [1.807, 2.05) is 24.3 Å². The van der Waals surface area contributed by atoms with Crippen LogP contribution in [0.3, 0.4) is 0 Å². The van der Waals surface area contributed by atoms with Crippen LogP contribution in [0.4, 0.5) is 5.69 Å². The third-order valence-corrected chi connectivity index (χ3v) is 5.00. The second-order valence-electron chi connectivity index (χ2n) is 6.62. The molecular weight excluding hydrogens is 382 g/mol. The maximum absolute atomic E-state index is 12.4. The summed E-state index contributed by atoms with van der Waals surface area (Å²) in [5.41, 5.74) is 1.83. The van der Waals surface area contributed by atoms with Crippen LogP contribution in [0.1, 0.15) is 17.2 Å². The van der Waals surface area contributed by atoms with Crippen LogP contribution in [0.25, 0.3) is 0 Å². The number of morpholine rings is 1. The van der Waals surface area contributed by atoms with Gasteiger partial charge in [-0.1, -0.05) is 35.9 Å². The monoisotopic (exact) mass is 403 g/mol. The normalized spacial score (nSPS) is 15.8. The van der Waals surface area contributed by atoms with Gasteiger partial charge in [0.1, 0.15) is 0 Å². The quantitative estimate of drug-likeness (QED) is 0.567. The van der Waals surface area contributed by atoms with E-state index in [0.717, 1.165) is 24.2 Å². The Morgan fingerprint density at radius 3 is 2.39 bits per heavy atom. The zero-order valence-corrected chi connectivity index (χ0v) is 16.1. The van der Waals surface area contributed by atoms with Gasteiger partial charge in [0.05, 0.1) is 30.6 Å². The van der Waals surface area contributed by atoms with Crippen LogP contribution in [0, 0.1) is 10.1 Å². The van der Waals surface area contributed by atoms with Gasteiger partial charge in [-0.05, 0) is 23.3 Å². The first kappa shape index (κ1) is 20.3. The van der Waals surface area contributed by atoms with Crippen molar-refractivity contribution in [3.05, 3.63) is 74.8 Å². The van der Waals surface area contributed by atoms with E-state index in [1.54, 1.807) is 12.1 Å². The number of nitrogens with one attached hydrogen (secondary N) is 1. The maximum atomic E-state index is 12.4. The number of ether oxygens (including phenoxy) is 1. The summed E-state index contributed by atoms with van der Waals surface area (Å²) in [7, 11) is 0. The van der Waals surface area contributed by atoms with Crippen molar-refractivity contribution in [1.82, 2.24) is 10.2 Å². The van der Waals surface area contributed by atoms with E-state index in [-0.39, 0.29) is 24.1 Å². The number of halogens is 1. The lowest BCUT2D eigenvalue weighted by atomic mass is 10.0. The van der Waals surface area contributed by atoms with E-state index in [4.69, 9.17) is 16.3 Å². The first-order valence-electron chi connectivity index (χ1n) is 9.10. The smallest absolute Gasteiger partial charge is 0.269 e. The number of nitrogens with zero attached hydrogens (tertiary/aromatic N) is 2. The summed E-state index contributed by atoms with van der Waals surface area (Å²) in [5, 5.41) is 14.4. The van der Waals surface area contributed by atoms with Crippen molar-refractivity contribution in [3.63, 3.8) is 0 Å². The number of amides is 1. The molecule has 0 aromatic heterocycles. The lowest BCUT2D eigenvalue weighted by Gasteiger charge is -2.35. The van der Waals surface area contributed by atoms with E-state index in [0.29, 0.717) is 24.8 Å². The zero-order valence-electron chi connectivity index (χ0n) is 15.3. The number of non-ortho nitro benzene ring substituents is 1. The Bertz CT molecular complexity index is 805. The van der Waals surface area contributed by atoms with Gasteiger partial charge in [-0.3, -0.25) is 19.8 Å². The molecule has 0 bridgehead atoms. The summed E-state index contributed by atoms with van der Waals surface area (Å²) in [6.07, 6.45) is 0.175. The molecule has 1 aliphatic rings. The summed E-state index contributed by atoms with van der Waals surface area (Å²) in [5.74, 6) is -0.124. The summed E-state index contributed by atoms with van der Waals surface area (Å²) >= 11 is 6.01. The number of nitro groups is 1. The molecule has 1 saturated heterocycles. The summed E-state index contributed by atoms with van der Waals surface area (Å²) in [4.78, 5) is 25.0. The van der Waals surface area contributed by atoms with Gasteiger partial charge in [0, 0.05) is 36.8 Å². The fourth-order valence-corrected chi connectivity index (χ4v) is 3.35.